The van der Waals surface area contributed by atoms with Gasteiger partial charge in [-0.05, 0) is 33.1 Å². The van der Waals surface area contributed by atoms with Crippen LogP contribution in [0, 0.1) is 0 Å². The van der Waals surface area contributed by atoms with Gasteiger partial charge in [-0.15, -0.1) is 0 Å². The molecular formula is C12H23NO3. The second-order valence-electron chi connectivity index (χ2n) is 5.33. The van der Waals surface area contributed by atoms with Gasteiger partial charge in [0.05, 0.1) is 18.6 Å². The molecule has 0 spiro atoms. The molecule has 0 aliphatic heterocycles. The molecule has 94 valence electrons. The van der Waals surface area contributed by atoms with Gasteiger partial charge >= 0.3 is 5.97 Å². The third-order valence-corrected chi connectivity index (χ3v) is 3.37. The van der Waals surface area contributed by atoms with E-state index in [1.807, 2.05) is 13.8 Å². The molecule has 0 atom stereocenters. The molecule has 4 nitrogen and oxygen atoms in total. The molecule has 0 aromatic carbocycles. The number of hydrogen-bond acceptors (Lipinski definition) is 4. The van der Waals surface area contributed by atoms with Crippen LogP contribution >= 0.6 is 0 Å². The van der Waals surface area contributed by atoms with Gasteiger partial charge in [-0.3, -0.25) is 4.79 Å². The normalized spacial score (nSPS) is 19.0. The van der Waals surface area contributed by atoms with Crippen molar-refractivity contribution in [2.45, 2.75) is 57.1 Å². The first-order chi connectivity index (χ1) is 7.37. The number of methoxy groups -OCH3 is 1. The maximum absolute atomic E-state index is 11.5. The first-order valence-electron chi connectivity index (χ1n) is 5.87. The molecule has 4 heteroatoms. The Labute approximate surface area is 97.5 Å². The monoisotopic (exact) mass is 229 g/mol. The maximum atomic E-state index is 11.5. The van der Waals surface area contributed by atoms with Gasteiger partial charge in [-0.2, -0.15) is 0 Å². The lowest BCUT2D eigenvalue weighted by Gasteiger charge is -2.37. The molecule has 2 N–H and O–H groups in total. The topological polar surface area (TPSA) is 61.5 Å². The molecule has 0 unspecified atom stereocenters. The van der Waals surface area contributed by atoms with Crippen LogP contribution in [0.5, 0.6) is 0 Å². The molecule has 0 aromatic rings. The van der Waals surface area contributed by atoms with Crippen molar-refractivity contribution in [3.05, 3.63) is 0 Å². The summed E-state index contributed by atoms with van der Waals surface area (Å²) in [4.78, 5) is 11.5. The highest BCUT2D eigenvalue weighted by atomic mass is 16.5. The Morgan fingerprint density at radius 2 is 2.06 bits per heavy atom. The number of ether oxygens (including phenoxy) is 2. The highest BCUT2D eigenvalue weighted by Crippen LogP contribution is 2.32. The van der Waals surface area contributed by atoms with Gasteiger partial charge in [0, 0.05) is 19.1 Å². The van der Waals surface area contributed by atoms with E-state index in [2.05, 4.69) is 0 Å². The van der Waals surface area contributed by atoms with E-state index in [0.717, 1.165) is 19.3 Å². The smallest absolute Gasteiger partial charge is 0.307 e. The first-order valence-corrected chi connectivity index (χ1v) is 5.87. The number of carbonyl (C=O) groups is 1. The third kappa shape index (κ3) is 4.10. The van der Waals surface area contributed by atoms with Gasteiger partial charge in [-0.1, -0.05) is 0 Å². The zero-order valence-electron chi connectivity index (χ0n) is 10.5. The standard InChI is InChI=1S/C12H23NO3/c1-11(2,15-3)7-8-16-10(14)9-12(13)5-4-6-12/h4-9,13H2,1-3H3. The van der Waals surface area contributed by atoms with Gasteiger partial charge in [0.25, 0.3) is 0 Å². The molecule has 16 heavy (non-hydrogen) atoms. The Morgan fingerprint density at radius 3 is 2.50 bits per heavy atom. The van der Waals surface area contributed by atoms with Crippen molar-refractivity contribution in [3.8, 4) is 0 Å². The fraction of sp³-hybridized carbons (Fsp3) is 0.917. The minimum absolute atomic E-state index is 0.186. The van der Waals surface area contributed by atoms with E-state index < -0.39 is 0 Å². The van der Waals surface area contributed by atoms with Crippen LogP contribution < -0.4 is 5.73 Å². The lowest BCUT2D eigenvalue weighted by molar-refractivity contribution is -0.147. The number of rotatable bonds is 6. The van der Waals surface area contributed by atoms with Crippen LogP contribution in [0.2, 0.25) is 0 Å². The number of esters is 1. The summed E-state index contributed by atoms with van der Waals surface area (Å²) in [7, 11) is 1.66. The van der Waals surface area contributed by atoms with Crippen molar-refractivity contribution in [3.63, 3.8) is 0 Å². The molecule has 1 aliphatic carbocycles. The van der Waals surface area contributed by atoms with Crippen LogP contribution in [-0.2, 0) is 14.3 Å². The van der Waals surface area contributed by atoms with Crippen LogP contribution in [0.25, 0.3) is 0 Å². The summed E-state index contributed by atoms with van der Waals surface area (Å²) < 4.78 is 10.4. The van der Waals surface area contributed by atoms with Crippen LogP contribution in [0.4, 0.5) is 0 Å². The Morgan fingerprint density at radius 1 is 1.44 bits per heavy atom. The Kier molecular flexibility index (Phi) is 4.33. The summed E-state index contributed by atoms with van der Waals surface area (Å²) in [5, 5.41) is 0. The van der Waals surface area contributed by atoms with Crippen molar-refractivity contribution in [1.82, 2.24) is 0 Å². The van der Waals surface area contributed by atoms with E-state index >= 15 is 0 Å². The third-order valence-electron chi connectivity index (χ3n) is 3.37. The SMILES string of the molecule is COC(C)(C)CCOC(=O)CC1(N)CCC1. The number of nitrogens with two attached hydrogens (primary N) is 1. The zero-order chi connectivity index (χ0) is 12.2. The lowest BCUT2D eigenvalue weighted by atomic mass is 9.75. The van der Waals surface area contributed by atoms with Crippen molar-refractivity contribution >= 4 is 5.97 Å². The molecule has 0 amide bonds. The van der Waals surface area contributed by atoms with Crippen LogP contribution in [0.3, 0.4) is 0 Å². The van der Waals surface area contributed by atoms with E-state index in [0.29, 0.717) is 19.4 Å². The molecule has 0 aromatic heterocycles. The van der Waals surface area contributed by atoms with Gasteiger partial charge < -0.3 is 15.2 Å². The minimum Gasteiger partial charge on any atom is -0.466 e. The van der Waals surface area contributed by atoms with E-state index in [1.54, 1.807) is 7.11 Å². The summed E-state index contributed by atoms with van der Waals surface area (Å²) >= 11 is 0. The van der Waals surface area contributed by atoms with Crippen molar-refractivity contribution < 1.29 is 14.3 Å². The quantitative estimate of drug-likeness (QED) is 0.703. The average molecular weight is 229 g/mol. The molecule has 1 fully saturated rings. The first kappa shape index (κ1) is 13.5. The fourth-order valence-electron chi connectivity index (χ4n) is 1.66. The fourth-order valence-corrected chi connectivity index (χ4v) is 1.66. The van der Waals surface area contributed by atoms with Crippen molar-refractivity contribution in [2.75, 3.05) is 13.7 Å². The minimum atomic E-state index is -0.284. The van der Waals surface area contributed by atoms with E-state index in [4.69, 9.17) is 15.2 Å². The van der Waals surface area contributed by atoms with Crippen LogP contribution in [0.15, 0.2) is 0 Å². The summed E-state index contributed by atoms with van der Waals surface area (Å²) in [5.74, 6) is -0.186. The molecule has 1 rings (SSSR count). The molecular weight excluding hydrogens is 206 g/mol. The average Bonchev–Trinajstić information content (AvgIpc) is 2.15. The second-order valence-corrected chi connectivity index (χ2v) is 5.33. The van der Waals surface area contributed by atoms with E-state index in [1.165, 1.54) is 0 Å². The Balaban J connectivity index is 2.15. The largest absolute Gasteiger partial charge is 0.466 e. The molecule has 1 saturated carbocycles. The Bertz CT molecular complexity index is 247. The lowest BCUT2D eigenvalue weighted by Crippen LogP contribution is -2.48. The predicted molar refractivity (Wildman–Crippen MR) is 62.1 cm³/mol. The molecule has 0 radical (unpaired) electrons. The van der Waals surface area contributed by atoms with E-state index in [9.17, 15) is 4.79 Å². The second kappa shape index (κ2) is 5.15. The van der Waals surface area contributed by atoms with Crippen LogP contribution in [-0.4, -0.2) is 30.8 Å². The van der Waals surface area contributed by atoms with Crippen LogP contribution in [0.1, 0.15) is 46.0 Å². The highest BCUT2D eigenvalue weighted by molar-refractivity contribution is 5.71. The van der Waals surface area contributed by atoms with Gasteiger partial charge in [0.15, 0.2) is 0 Å². The summed E-state index contributed by atoms with van der Waals surface area (Å²) in [6, 6.07) is 0. The Hall–Kier alpha value is -0.610. The van der Waals surface area contributed by atoms with Gasteiger partial charge in [0.2, 0.25) is 0 Å². The predicted octanol–water partition coefficient (Wildman–Crippen LogP) is 1.62. The molecule has 0 bridgehead atoms. The van der Waals surface area contributed by atoms with Crippen molar-refractivity contribution in [2.24, 2.45) is 5.73 Å². The molecule has 0 saturated heterocycles. The zero-order valence-corrected chi connectivity index (χ0v) is 10.5. The molecule has 1 aliphatic rings. The van der Waals surface area contributed by atoms with Crippen molar-refractivity contribution in [1.29, 1.82) is 0 Å². The summed E-state index contributed by atoms with van der Waals surface area (Å²) in [5.41, 5.74) is 5.44. The maximum Gasteiger partial charge on any atom is 0.307 e. The van der Waals surface area contributed by atoms with E-state index in [-0.39, 0.29) is 17.1 Å². The van der Waals surface area contributed by atoms with Gasteiger partial charge in [-0.25, -0.2) is 0 Å². The highest BCUT2D eigenvalue weighted by Gasteiger charge is 2.35. The summed E-state index contributed by atoms with van der Waals surface area (Å²) in [6.45, 7) is 4.34. The molecule has 0 heterocycles. The number of carbonyl (C=O) groups excluding carboxylic acids is 1. The number of hydrogen-bond donors (Lipinski definition) is 1. The summed E-state index contributed by atoms with van der Waals surface area (Å²) in [6.07, 6.45) is 4.05. The van der Waals surface area contributed by atoms with Gasteiger partial charge in [0.1, 0.15) is 0 Å².